The Morgan fingerprint density at radius 3 is 2.36 bits per heavy atom. The van der Waals surface area contributed by atoms with Crippen LogP contribution in [0.25, 0.3) is 0 Å². The van der Waals surface area contributed by atoms with Crippen LogP contribution in [0.4, 0.5) is 0 Å². The average molecular weight is 392 g/mol. The Kier molecular flexibility index (Phi) is 12.5. The van der Waals surface area contributed by atoms with Gasteiger partial charge in [0.05, 0.1) is 16.7 Å². The molecule has 1 aromatic heterocycles. The summed E-state index contributed by atoms with van der Waals surface area (Å²) in [6.07, 6.45) is 0.706. The van der Waals surface area contributed by atoms with Crippen molar-refractivity contribution >= 4 is 54.5 Å². The highest BCUT2D eigenvalue weighted by Gasteiger charge is 2.24. The number of piperazine rings is 1. The third-order valence-electron chi connectivity index (χ3n) is 3.49. The number of hydrogen-bond acceptors (Lipinski definition) is 5. The van der Waals surface area contributed by atoms with Crippen molar-refractivity contribution in [1.82, 2.24) is 14.8 Å². The van der Waals surface area contributed by atoms with Gasteiger partial charge in [-0.05, 0) is 13.3 Å². The lowest BCUT2D eigenvalue weighted by Gasteiger charge is -2.35. The lowest BCUT2D eigenvalue weighted by molar-refractivity contribution is -0.134. The fourth-order valence-electron chi connectivity index (χ4n) is 2.25. The van der Waals surface area contributed by atoms with Gasteiger partial charge in [-0.25, -0.2) is 4.98 Å². The summed E-state index contributed by atoms with van der Waals surface area (Å²) in [5, 5.41) is 3.22. The first-order valence-corrected chi connectivity index (χ1v) is 7.66. The monoisotopic (exact) mass is 390 g/mol. The Bertz CT molecular complexity index is 439. The number of amides is 1. The molecule has 1 atom stereocenters. The van der Waals surface area contributed by atoms with Crippen LogP contribution < -0.4 is 5.73 Å². The zero-order chi connectivity index (χ0) is 13.8. The van der Waals surface area contributed by atoms with E-state index < -0.39 is 0 Å². The number of aromatic nitrogens is 1. The van der Waals surface area contributed by atoms with Crippen LogP contribution in [0.3, 0.4) is 0 Å². The Labute approximate surface area is 154 Å². The molecule has 2 heterocycles. The van der Waals surface area contributed by atoms with Crippen LogP contribution in [0, 0.1) is 6.92 Å². The number of thiazole rings is 1. The fourth-order valence-corrected chi connectivity index (χ4v) is 2.85. The molecule has 1 aliphatic heterocycles. The Balaban J connectivity index is 0. The summed E-state index contributed by atoms with van der Waals surface area (Å²) in [7, 11) is 0. The van der Waals surface area contributed by atoms with Gasteiger partial charge in [0, 0.05) is 38.1 Å². The number of halogens is 3. The number of rotatable bonds is 4. The molecule has 1 fully saturated rings. The van der Waals surface area contributed by atoms with E-state index in [0.717, 1.165) is 43.4 Å². The van der Waals surface area contributed by atoms with Gasteiger partial charge in [0.15, 0.2) is 0 Å². The van der Waals surface area contributed by atoms with E-state index in [0.29, 0.717) is 6.42 Å². The molecule has 2 N–H and O–H groups in total. The van der Waals surface area contributed by atoms with Crippen molar-refractivity contribution < 1.29 is 4.79 Å². The van der Waals surface area contributed by atoms with Crippen LogP contribution in [-0.4, -0.2) is 52.9 Å². The Morgan fingerprint density at radius 2 is 1.91 bits per heavy atom. The predicted molar refractivity (Wildman–Crippen MR) is 98.7 cm³/mol. The summed E-state index contributed by atoms with van der Waals surface area (Å²) in [5.41, 5.74) is 6.93. The number of carbonyl (C=O) groups is 1. The van der Waals surface area contributed by atoms with E-state index in [1.807, 2.05) is 18.7 Å². The zero-order valence-corrected chi connectivity index (χ0v) is 16.1. The maximum absolute atomic E-state index is 12.0. The fraction of sp³-hybridized carbons (Fsp3) is 0.692. The van der Waals surface area contributed by atoms with E-state index in [4.69, 9.17) is 5.73 Å². The lowest BCUT2D eigenvalue weighted by Crippen LogP contribution is -2.52. The maximum atomic E-state index is 12.0. The standard InChI is InChI=1S/C13H22N4OS.3ClH/c1-3-12(14)13(18)17-6-4-16(5-7-17)8-11-9-19-10(2)15-11;;;/h9,12H,3-8,14H2,1-2H3;3*1H/t12-;;;/m0.../s1. The summed E-state index contributed by atoms with van der Waals surface area (Å²) in [5.74, 6) is 0.0895. The first-order chi connectivity index (χ1) is 9.10. The second kappa shape index (κ2) is 11.4. The minimum absolute atomic E-state index is 0. The summed E-state index contributed by atoms with van der Waals surface area (Å²) in [6, 6.07) is -0.340. The number of aryl methyl sites for hydroxylation is 1. The molecule has 9 heteroatoms. The van der Waals surface area contributed by atoms with Crippen LogP contribution in [0.2, 0.25) is 0 Å². The minimum atomic E-state index is -0.340. The number of nitrogens with two attached hydrogens (primary N) is 1. The molecule has 0 unspecified atom stereocenters. The van der Waals surface area contributed by atoms with Gasteiger partial charge in [-0.1, -0.05) is 6.92 Å². The second-order valence-corrected chi connectivity index (χ2v) is 6.04. The van der Waals surface area contributed by atoms with Gasteiger partial charge < -0.3 is 10.6 Å². The predicted octanol–water partition coefficient (Wildman–Crippen LogP) is 2.10. The third-order valence-corrected chi connectivity index (χ3v) is 4.32. The highest BCUT2D eigenvalue weighted by molar-refractivity contribution is 7.09. The molecular formula is C13H25Cl3N4OS. The molecule has 0 aromatic carbocycles. The van der Waals surface area contributed by atoms with Crippen LogP contribution in [0.1, 0.15) is 24.0 Å². The van der Waals surface area contributed by atoms with Crippen molar-refractivity contribution in [3.63, 3.8) is 0 Å². The van der Waals surface area contributed by atoms with Crippen molar-refractivity contribution in [2.45, 2.75) is 32.9 Å². The van der Waals surface area contributed by atoms with E-state index in [1.165, 1.54) is 0 Å². The van der Waals surface area contributed by atoms with Crippen molar-refractivity contribution in [2.24, 2.45) is 5.73 Å². The first-order valence-electron chi connectivity index (χ1n) is 6.78. The second-order valence-electron chi connectivity index (χ2n) is 4.97. The van der Waals surface area contributed by atoms with Gasteiger partial charge in [-0.3, -0.25) is 9.69 Å². The molecule has 22 heavy (non-hydrogen) atoms. The van der Waals surface area contributed by atoms with E-state index in [1.54, 1.807) is 11.3 Å². The van der Waals surface area contributed by atoms with E-state index in [2.05, 4.69) is 15.3 Å². The first kappa shape index (κ1) is 24.1. The van der Waals surface area contributed by atoms with Gasteiger partial charge in [0.1, 0.15) is 0 Å². The van der Waals surface area contributed by atoms with Crippen molar-refractivity contribution in [3.05, 3.63) is 16.1 Å². The number of nitrogens with zero attached hydrogens (tertiary/aromatic N) is 3. The van der Waals surface area contributed by atoms with Gasteiger partial charge >= 0.3 is 0 Å². The highest BCUT2D eigenvalue weighted by Crippen LogP contribution is 2.12. The van der Waals surface area contributed by atoms with Gasteiger partial charge in [-0.2, -0.15) is 0 Å². The molecule has 1 saturated heterocycles. The molecule has 2 rings (SSSR count). The van der Waals surface area contributed by atoms with E-state index in [-0.39, 0.29) is 49.2 Å². The highest BCUT2D eigenvalue weighted by atomic mass is 35.5. The van der Waals surface area contributed by atoms with Gasteiger partial charge in [0.2, 0.25) is 5.91 Å². The third kappa shape index (κ3) is 6.56. The summed E-state index contributed by atoms with van der Waals surface area (Å²) in [4.78, 5) is 20.7. The normalized spacial score (nSPS) is 16.0. The number of hydrogen-bond donors (Lipinski definition) is 1. The summed E-state index contributed by atoms with van der Waals surface area (Å²) in [6.45, 7) is 8.20. The quantitative estimate of drug-likeness (QED) is 0.853. The van der Waals surface area contributed by atoms with Crippen LogP contribution in [0.15, 0.2) is 5.38 Å². The molecule has 130 valence electrons. The maximum Gasteiger partial charge on any atom is 0.239 e. The molecular weight excluding hydrogens is 367 g/mol. The summed E-state index contributed by atoms with van der Waals surface area (Å²) >= 11 is 1.69. The molecule has 0 radical (unpaired) electrons. The zero-order valence-electron chi connectivity index (χ0n) is 12.9. The van der Waals surface area contributed by atoms with Crippen LogP contribution in [-0.2, 0) is 11.3 Å². The molecule has 1 aromatic rings. The molecule has 0 saturated carbocycles. The topological polar surface area (TPSA) is 62.5 Å². The van der Waals surface area contributed by atoms with E-state index in [9.17, 15) is 4.79 Å². The molecule has 0 spiro atoms. The van der Waals surface area contributed by atoms with Crippen molar-refractivity contribution in [1.29, 1.82) is 0 Å². The van der Waals surface area contributed by atoms with E-state index >= 15 is 0 Å². The largest absolute Gasteiger partial charge is 0.339 e. The number of carbonyl (C=O) groups excluding carboxylic acids is 1. The molecule has 0 aliphatic carbocycles. The van der Waals surface area contributed by atoms with Crippen molar-refractivity contribution in [3.8, 4) is 0 Å². The minimum Gasteiger partial charge on any atom is -0.339 e. The average Bonchev–Trinajstić information content (AvgIpc) is 2.83. The lowest BCUT2D eigenvalue weighted by atomic mass is 10.2. The Morgan fingerprint density at radius 1 is 1.32 bits per heavy atom. The smallest absolute Gasteiger partial charge is 0.239 e. The van der Waals surface area contributed by atoms with Crippen LogP contribution in [0.5, 0.6) is 0 Å². The molecule has 0 bridgehead atoms. The summed E-state index contributed by atoms with van der Waals surface area (Å²) < 4.78 is 0. The van der Waals surface area contributed by atoms with Crippen LogP contribution >= 0.6 is 48.6 Å². The Hall–Kier alpha value is -0.110. The molecule has 1 aliphatic rings. The molecule has 5 nitrogen and oxygen atoms in total. The van der Waals surface area contributed by atoms with Gasteiger partial charge in [0.25, 0.3) is 0 Å². The van der Waals surface area contributed by atoms with Crippen molar-refractivity contribution in [2.75, 3.05) is 26.2 Å². The SMILES string of the molecule is CC[C@H](N)C(=O)N1CCN(Cc2csc(C)n2)CC1.Cl.Cl.Cl. The van der Waals surface area contributed by atoms with Gasteiger partial charge in [-0.15, -0.1) is 48.6 Å². The molecule has 1 amide bonds.